The van der Waals surface area contributed by atoms with Gasteiger partial charge in [-0.05, 0) is 30.2 Å². The Morgan fingerprint density at radius 1 is 1.36 bits per heavy atom. The second-order valence-electron chi connectivity index (χ2n) is 7.25. The molecule has 3 rings (SSSR count). The number of aromatic nitrogens is 2. The molecule has 0 spiro atoms. The van der Waals surface area contributed by atoms with Crippen LogP contribution in [0, 0.1) is 0 Å². The van der Waals surface area contributed by atoms with Crippen molar-refractivity contribution in [2.24, 2.45) is 0 Å². The molecule has 0 aliphatic carbocycles. The highest BCUT2D eigenvalue weighted by molar-refractivity contribution is 5.87. The zero-order valence-electron chi connectivity index (χ0n) is 16.3. The molecule has 7 nitrogen and oxygen atoms in total. The largest absolute Gasteiger partial charge is 0.376 e. The van der Waals surface area contributed by atoms with Crippen molar-refractivity contribution in [1.29, 1.82) is 0 Å². The molecule has 0 aromatic carbocycles. The summed E-state index contributed by atoms with van der Waals surface area (Å²) < 4.78 is 0. The van der Waals surface area contributed by atoms with Crippen LogP contribution in [0.2, 0.25) is 0 Å². The van der Waals surface area contributed by atoms with Gasteiger partial charge >= 0.3 is 0 Å². The van der Waals surface area contributed by atoms with Crippen LogP contribution in [-0.4, -0.2) is 52.5 Å². The van der Waals surface area contributed by atoms with Crippen molar-refractivity contribution >= 4 is 11.6 Å². The molecule has 2 aromatic heterocycles. The van der Waals surface area contributed by atoms with Crippen LogP contribution in [0.4, 0.5) is 5.69 Å². The molecular weight excluding hydrogens is 354 g/mol. The average molecular weight is 381 g/mol. The Bertz CT molecular complexity index is 876. The molecule has 1 aliphatic heterocycles. The minimum atomic E-state index is -0.165. The summed E-state index contributed by atoms with van der Waals surface area (Å²) in [6, 6.07) is 6.08. The summed E-state index contributed by atoms with van der Waals surface area (Å²) in [5.74, 6) is 0.00861. The zero-order chi connectivity index (χ0) is 19.9. The topological polar surface area (TPSA) is 90.1 Å². The number of carbonyl (C=O) groups is 1. The third-order valence-electron chi connectivity index (χ3n) is 4.68. The lowest BCUT2D eigenvalue weighted by Crippen LogP contribution is -2.31. The van der Waals surface area contributed by atoms with Crippen molar-refractivity contribution in [3.8, 4) is 11.1 Å². The molecule has 28 heavy (non-hydrogen) atoms. The number of likely N-dealkylation sites (tertiary alicyclic amines) is 1. The van der Waals surface area contributed by atoms with E-state index < -0.39 is 0 Å². The Morgan fingerprint density at radius 2 is 2.14 bits per heavy atom. The van der Waals surface area contributed by atoms with Gasteiger partial charge in [-0.25, -0.2) is 0 Å². The predicted molar refractivity (Wildman–Crippen MR) is 111 cm³/mol. The predicted octanol–water partition coefficient (Wildman–Crippen LogP) is 2.00. The first-order chi connectivity index (χ1) is 13.5. The van der Waals surface area contributed by atoms with E-state index in [2.05, 4.69) is 34.4 Å². The molecule has 1 fully saturated rings. The van der Waals surface area contributed by atoms with E-state index in [0.29, 0.717) is 31.4 Å². The number of rotatable bonds is 7. The Labute approximate surface area is 164 Å². The first-order valence-electron chi connectivity index (χ1n) is 9.61. The van der Waals surface area contributed by atoms with Gasteiger partial charge in [-0.2, -0.15) is 0 Å². The second-order valence-corrected chi connectivity index (χ2v) is 7.25. The Kier molecular flexibility index (Phi) is 6.60. The summed E-state index contributed by atoms with van der Waals surface area (Å²) in [4.78, 5) is 33.1. The Hall–Kier alpha value is -2.93. The van der Waals surface area contributed by atoms with Crippen LogP contribution in [0.1, 0.15) is 20.3 Å². The van der Waals surface area contributed by atoms with Crippen LogP contribution in [-0.2, 0) is 4.79 Å². The van der Waals surface area contributed by atoms with Crippen molar-refractivity contribution in [2.45, 2.75) is 32.4 Å². The molecular formula is C21H27N5O2. The zero-order valence-corrected chi connectivity index (χ0v) is 16.3. The number of amides is 1. The van der Waals surface area contributed by atoms with Gasteiger partial charge in [0.15, 0.2) is 0 Å². The van der Waals surface area contributed by atoms with Crippen LogP contribution in [0.5, 0.6) is 0 Å². The lowest BCUT2D eigenvalue weighted by atomic mass is 10.1. The van der Waals surface area contributed by atoms with Crippen LogP contribution in [0.15, 0.2) is 53.7 Å². The quantitative estimate of drug-likeness (QED) is 0.639. The van der Waals surface area contributed by atoms with Gasteiger partial charge in [0, 0.05) is 61.9 Å². The van der Waals surface area contributed by atoms with Crippen LogP contribution in [0.25, 0.3) is 11.1 Å². The first-order valence-corrected chi connectivity index (χ1v) is 9.61. The van der Waals surface area contributed by atoms with Gasteiger partial charge in [0.1, 0.15) is 5.69 Å². The molecule has 7 heteroatoms. The smallest absolute Gasteiger partial charge is 0.271 e. The number of hydrogen-bond acceptors (Lipinski definition) is 5. The van der Waals surface area contributed by atoms with Gasteiger partial charge < -0.3 is 20.5 Å². The van der Waals surface area contributed by atoms with Crippen LogP contribution in [0.3, 0.4) is 0 Å². The first kappa shape index (κ1) is 19.8. The Morgan fingerprint density at radius 3 is 2.89 bits per heavy atom. The van der Waals surface area contributed by atoms with Crippen LogP contribution >= 0.6 is 0 Å². The molecule has 0 unspecified atom stereocenters. The minimum absolute atomic E-state index is 0.00861. The van der Waals surface area contributed by atoms with E-state index in [1.807, 2.05) is 29.2 Å². The summed E-state index contributed by atoms with van der Waals surface area (Å²) in [6.45, 7) is 6.08. The fraction of sp³-hybridized carbons (Fsp3) is 0.381. The minimum Gasteiger partial charge on any atom is -0.376 e. The van der Waals surface area contributed by atoms with Gasteiger partial charge in [-0.3, -0.25) is 14.6 Å². The summed E-state index contributed by atoms with van der Waals surface area (Å²) in [5.41, 5.74) is 2.25. The Balaban J connectivity index is 1.59. The maximum atomic E-state index is 12.3. The molecule has 148 valence electrons. The number of carbonyl (C=O) groups excluding carboxylic acids is 1. The van der Waals surface area contributed by atoms with Crippen molar-refractivity contribution in [1.82, 2.24) is 20.2 Å². The fourth-order valence-electron chi connectivity index (χ4n) is 3.17. The highest BCUT2D eigenvalue weighted by Crippen LogP contribution is 2.20. The van der Waals surface area contributed by atoms with Crippen LogP contribution < -0.4 is 16.2 Å². The second kappa shape index (κ2) is 9.32. The standard InChI is InChI=1S/C21H27N5O2/c1-15(2)23-8-3-4-20(27)26-11-7-18(14-26)25-19-12-17(13-24-21(19)28)16-5-9-22-10-6-16/h3-6,9-10,12-13,15,18,23,25H,7-8,11,14H2,1-2H3,(H,24,28)/t18-/m1/s1. The van der Waals surface area contributed by atoms with E-state index in [-0.39, 0.29) is 17.5 Å². The van der Waals surface area contributed by atoms with Gasteiger partial charge in [0.05, 0.1) is 0 Å². The van der Waals surface area contributed by atoms with E-state index >= 15 is 0 Å². The van der Waals surface area contributed by atoms with Crippen molar-refractivity contribution < 1.29 is 4.79 Å². The average Bonchev–Trinajstić information content (AvgIpc) is 3.16. The lowest BCUT2D eigenvalue weighted by Gasteiger charge is -2.16. The maximum Gasteiger partial charge on any atom is 0.271 e. The van der Waals surface area contributed by atoms with Crippen molar-refractivity contribution in [3.05, 3.63) is 59.3 Å². The van der Waals surface area contributed by atoms with E-state index in [9.17, 15) is 9.59 Å². The molecule has 0 radical (unpaired) electrons. The SMILES string of the molecule is CC(C)NCC=CC(=O)N1CC[C@@H](Nc2cc(-c3ccncc3)c[nH]c2=O)C1. The number of H-pyrrole nitrogens is 1. The summed E-state index contributed by atoms with van der Waals surface area (Å²) >= 11 is 0. The molecule has 0 bridgehead atoms. The van der Waals surface area contributed by atoms with Gasteiger partial charge in [0.25, 0.3) is 5.56 Å². The van der Waals surface area contributed by atoms with Crippen molar-refractivity contribution in [3.63, 3.8) is 0 Å². The summed E-state index contributed by atoms with van der Waals surface area (Å²) in [6.07, 6.45) is 9.42. The number of nitrogens with one attached hydrogen (secondary N) is 3. The van der Waals surface area contributed by atoms with Gasteiger partial charge in [-0.15, -0.1) is 0 Å². The van der Waals surface area contributed by atoms with E-state index in [1.54, 1.807) is 24.7 Å². The molecule has 3 N–H and O–H groups in total. The monoisotopic (exact) mass is 381 g/mol. The molecule has 2 aromatic rings. The fourth-order valence-corrected chi connectivity index (χ4v) is 3.17. The number of hydrogen-bond donors (Lipinski definition) is 3. The summed E-state index contributed by atoms with van der Waals surface area (Å²) in [5, 5.41) is 6.54. The molecule has 1 atom stereocenters. The number of pyridine rings is 2. The third-order valence-corrected chi connectivity index (χ3v) is 4.68. The van der Waals surface area contributed by atoms with Crippen molar-refractivity contribution in [2.75, 3.05) is 25.0 Å². The van der Waals surface area contributed by atoms with Gasteiger partial charge in [-0.1, -0.05) is 19.9 Å². The number of aromatic amines is 1. The van der Waals surface area contributed by atoms with E-state index in [4.69, 9.17) is 0 Å². The van der Waals surface area contributed by atoms with E-state index in [0.717, 1.165) is 17.5 Å². The maximum absolute atomic E-state index is 12.3. The lowest BCUT2D eigenvalue weighted by molar-refractivity contribution is -0.125. The number of nitrogens with zero attached hydrogens (tertiary/aromatic N) is 2. The molecule has 0 saturated carbocycles. The highest BCUT2D eigenvalue weighted by Gasteiger charge is 2.25. The highest BCUT2D eigenvalue weighted by atomic mass is 16.2. The number of anilines is 1. The third kappa shape index (κ3) is 5.29. The molecule has 3 heterocycles. The normalized spacial score (nSPS) is 16.8. The molecule has 1 saturated heterocycles. The van der Waals surface area contributed by atoms with Gasteiger partial charge in [0.2, 0.25) is 5.91 Å². The molecule has 1 amide bonds. The molecule has 1 aliphatic rings. The van der Waals surface area contributed by atoms with E-state index in [1.165, 1.54) is 0 Å². The summed E-state index contributed by atoms with van der Waals surface area (Å²) in [7, 11) is 0.